The predicted octanol–water partition coefficient (Wildman–Crippen LogP) is 1.65. The van der Waals surface area contributed by atoms with E-state index >= 15 is 0 Å². The quantitative estimate of drug-likeness (QED) is 0.573. The molecule has 0 aromatic heterocycles. The normalized spacial score (nSPS) is 15.5. The molecule has 2 heteroatoms. The second-order valence-corrected chi connectivity index (χ2v) is 2.95. The fourth-order valence-corrected chi connectivity index (χ4v) is 0.819. The van der Waals surface area contributed by atoms with Crippen LogP contribution in [0.5, 0.6) is 0 Å². The van der Waals surface area contributed by atoms with Crippen LogP contribution in [0.15, 0.2) is 12.7 Å². The van der Waals surface area contributed by atoms with Crippen molar-refractivity contribution >= 4 is 0 Å². The lowest BCUT2D eigenvalue weighted by molar-refractivity contribution is 0.277. The number of rotatable bonds is 4. The first-order valence-corrected chi connectivity index (χ1v) is 3.84. The van der Waals surface area contributed by atoms with Crippen LogP contribution in [-0.4, -0.2) is 24.5 Å². The van der Waals surface area contributed by atoms with Crippen LogP contribution < -0.4 is 0 Å². The van der Waals surface area contributed by atoms with E-state index in [9.17, 15) is 0 Å². The Balaban J connectivity index is 3.78. The average molecular weight is 152 g/mol. The molecule has 0 aliphatic rings. The van der Waals surface area contributed by atoms with Crippen molar-refractivity contribution in [3.05, 3.63) is 12.7 Å². The fourth-order valence-electron chi connectivity index (χ4n) is 0.819. The standard InChI is InChI=1S/C9H16N2/c1-5-9(3)11(4)7-8(2)6-10/h5,8-9H,1,7H2,2-4H3. The van der Waals surface area contributed by atoms with Crippen LogP contribution in [0.2, 0.25) is 0 Å². The molecule has 0 radical (unpaired) electrons. The third-order valence-corrected chi connectivity index (χ3v) is 1.82. The van der Waals surface area contributed by atoms with Crippen molar-refractivity contribution in [3.8, 4) is 6.07 Å². The minimum atomic E-state index is 0.0994. The van der Waals surface area contributed by atoms with Gasteiger partial charge in [-0.1, -0.05) is 6.08 Å². The topological polar surface area (TPSA) is 27.0 Å². The van der Waals surface area contributed by atoms with Crippen LogP contribution in [0.3, 0.4) is 0 Å². The summed E-state index contributed by atoms with van der Waals surface area (Å²) < 4.78 is 0. The lowest BCUT2D eigenvalue weighted by atomic mass is 10.2. The molecule has 0 saturated heterocycles. The van der Waals surface area contributed by atoms with E-state index in [2.05, 4.69) is 24.5 Å². The van der Waals surface area contributed by atoms with E-state index in [0.717, 1.165) is 6.54 Å². The molecule has 0 aliphatic heterocycles. The van der Waals surface area contributed by atoms with Gasteiger partial charge in [0.15, 0.2) is 0 Å². The average Bonchev–Trinajstić information content (AvgIpc) is 2.02. The van der Waals surface area contributed by atoms with Crippen LogP contribution in [-0.2, 0) is 0 Å². The van der Waals surface area contributed by atoms with Crippen LogP contribution in [0.4, 0.5) is 0 Å². The van der Waals surface area contributed by atoms with Gasteiger partial charge in [0, 0.05) is 12.6 Å². The molecule has 62 valence electrons. The van der Waals surface area contributed by atoms with E-state index in [1.54, 1.807) is 0 Å². The highest BCUT2D eigenvalue weighted by Gasteiger charge is 2.08. The van der Waals surface area contributed by atoms with Crippen LogP contribution in [0.1, 0.15) is 13.8 Å². The zero-order chi connectivity index (χ0) is 8.85. The summed E-state index contributed by atoms with van der Waals surface area (Å²) in [6.07, 6.45) is 1.88. The van der Waals surface area contributed by atoms with Crippen molar-refractivity contribution in [3.63, 3.8) is 0 Å². The monoisotopic (exact) mass is 152 g/mol. The zero-order valence-electron chi connectivity index (χ0n) is 7.54. The van der Waals surface area contributed by atoms with Gasteiger partial charge in [0.2, 0.25) is 0 Å². The summed E-state index contributed by atoms with van der Waals surface area (Å²) >= 11 is 0. The molecule has 0 bridgehead atoms. The van der Waals surface area contributed by atoms with E-state index in [0.29, 0.717) is 6.04 Å². The first-order valence-electron chi connectivity index (χ1n) is 3.84. The number of hydrogen-bond acceptors (Lipinski definition) is 2. The van der Waals surface area contributed by atoms with Gasteiger partial charge in [0.1, 0.15) is 0 Å². The Kier molecular flexibility index (Phi) is 4.56. The Bertz CT molecular complexity index is 157. The van der Waals surface area contributed by atoms with Crippen molar-refractivity contribution in [1.82, 2.24) is 4.90 Å². The molecule has 0 rings (SSSR count). The van der Waals surface area contributed by atoms with Gasteiger partial charge >= 0.3 is 0 Å². The Labute approximate surface area is 69.1 Å². The van der Waals surface area contributed by atoms with Gasteiger partial charge < -0.3 is 0 Å². The molecule has 0 aromatic rings. The highest BCUT2D eigenvalue weighted by molar-refractivity contribution is 4.87. The van der Waals surface area contributed by atoms with E-state index in [4.69, 9.17) is 5.26 Å². The third-order valence-electron chi connectivity index (χ3n) is 1.82. The molecule has 0 fully saturated rings. The van der Waals surface area contributed by atoms with Crippen LogP contribution >= 0.6 is 0 Å². The SMILES string of the molecule is C=CC(C)N(C)CC(C)C#N. The lowest BCUT2D eigenvalue weighted by Gasteiger charge is -2.22. The molecule has 11 heavy (non-hydrogen) atoms. The van der Waals surface area contributed by atoms with Crippen molar-refractivity contribution < 1.29 is 0 Å². The molecule has 0 heterocycles. The van der Waals surface area contributed by atoms with Gasteiger partial charge in [-0.2, -0.15) is 5.26 Å². The van der Waals surface area contributed by atoms with Crippen molar-refractivity contribution in [2.24, 2.45) is 5.92 Å². The van der Waals surface area contributed by atoms with Crippen molar-refractivity contribution in [2.45, 2.75) is 19.9 Å². The maximum Gasteiger partial charge on any atom is 0.0666 e. The number of hydrogen-bond donors (Lipinski definition) is 0. The summed E-state index contributed by atoms with van der Waals surface area (Å²) in [6, 6.07) is 2.55. The number of nitriles is 1. The summed E-state index contributed by atoms with van der Waals surface area (Å²) in [4.78, 5) is 2.11. The molecular formula is C9H16N2. The molecule has 0 aromatic carbocycles. The summed E-state index contributed by atoms with van der Waals surface area (Å²) in [5.74, 6) is 0.0994. The summed E-state index contributed by atoms with van der Waals surface area (Å²) in [5, 5.41) is 8.54. The maximum atomic E-state index is 8.54. The summed E-state index contributed by atoms with van der Waals surface area (Å²) in [6.45, 7) is 8.49. The van der Waals surface area contributed by atoms with Gasteiger partial charge in [0.25, 0.3) is 0 Å². The van der Waals surface area contributed by atoms with Gasteiger partial charge in [-0.15, -0.1) is 6.58 Å². The van der Waals surface area contributed by atoms with Crippen LogP contribution in [0.25, 0.3) is 0 Å². The first-order chi connectivity index (χ1) is 5.11. The number of likely N-dealkylation sites (N-methyl/N-ethyl adjacent to an activating group) is 1. The van der Waals surface area contributed by atoms with Gasteiger partial charge in [-0.25, -0.2) is 0 Å². The smallest absolute Gasteiger partial charge is 0.0666 e. The van der Waals surface area contributed by atoms with Crippen molar-refractivity contribution in [1.29, 1.82) is 5.26 Å². The largest absolute Gasteiger partial charge is 0.299 e. The van der Waals surface area contributed by atoms with Crippen LogP contribution in [0, 0.1) is 17.2 Å². The van der Waals surface area contributed by atoms with E-state index in [1.165, 1.54) is 0 Å². The minimum Gasteiger partial charge on any atom is -0.299 e. The summed E-state index contributed by atoms with van der Waals surface area (Å²) in [7, 11) is 2.00. The molecule has 2 atom stereocenters. The molecule has 0 aliphatic carbocycles. The maximum absolute atomic E-state index is 8.54. The molecule has 0 saturated carbocycles. The Hall–Kier alpha value is -0.810. The molecule has 0 amide bonds. The minimum absolute atomic E-state index is 0.0994. The van der Waals surface area contributed by atoms with E-state index in [-0.39, 0.29) is 5.92 Å². The third kappa shape index (κ3) is 3.79. The predicted molar refractivity (Wildman–Crippen MR) is 47.1 cm³/mol. The molecule has 2 nitrogen and oxygen atoms in total. The van der Waals surface area contributed by atoms with Gasteiger partial charge in [-0.05, 0) is 20.9 Å². The van der Waals surface area contributed by atoms with E-state index in [1.807, 2.05) is 20.0 Å². The Morgan fingerprint density at radius 2 is 2.18 bits per heavy atom. The van der Waals surface area contributed by atoms with Gasteiger partial charge in [-0.3, -0.25) is 4.90 Å². The Morgan fingerprint density at radius 3 is 2.55 bits per heavy atom. The molecular weight excluding hydrogens is 136 g/mol. The zero-order valence-corrected chi connectivity index (χ0v) is 7.54. The Morgan fingerprint density at radius 1 is 1.64 bits per heavy atom. The highest BCUT2D eigenvalue weighted by atomic mass is 15.1. The molecule has 0 N–H and O–H groups in total. The fraction of sp³-hybridized carbons (Fsp3) is 0.667. The second kappa shape index (κ2) is 4.92. The first kappa shape index (κ1) is 10.2. The molecule has 2 unspecified atom stereocenters. The highest BCUT2D eigenvalue weighted by Crippen LogP contribution is 2.01. The summed E-state index contributed by atoms with van der Waals surface area (Å²) in [5.41, 5.74) is 0. The van der Waals surface area contributed by atoms with Gasteiger partial charge in [0.05, 0.1) is 12.0 Å². The van der Waals surface area contributed by atoms with Crippen molar-refractivity contribution in [2.75, 3.05) is 13.6 Å². The molecule has 0 spiro atoms. The lowest BCUT2D eigenvalue weighted by Crippen LogP contribution is -2.30. The number of nitrogens with zero attached hydrogens (tertiary/aromatic N) is 2. The second-order valence-electron chi connectivity index (χ2n) is 2.95. The van der Waals surface area contributed by atoms with E-state index < -0.39 is 0 Å².